The molecule has 3 rings (SSSR count). The number of rotatable bonds is 4. The van der Waals surface area contributed by atoms with Crippen LogP contribution in [0.4, 0.5) is 10.5 Å². The van der Waals surface area contributed by atoms with Crippen molar-refractivity contribution in [2.24, 2.45) is 5.16 Å². The number of benzene rings is 2. The second-order valence-corrected chi connectivity index (χ2v) is 5.12. The Balaban J connectivity index is 1.67. The van der Waals surface area contributed by atoms with Crippen LogP contribution in [0.25, 0.3) is 11.1 Å². The number of aromatic nitrogens is 1. The van der Waals surface area contributed by atoms with E-state index in [1.807, 2.05) is 12.1 Å². The van der Waals surface area contributed by atoms with Crippen molar-refractivity contribution in [3.05, 3.63) is 65.1 Å². The molecule has 0 saturated heterocycles. The summed E-state index contributed by atoms with van der Waals surface area (Å²) in [5.74, 6) is -0.487. The van der Waals surface area contributed by atoms with Crippen LogP contribution in [-0.4, -0.2) is 16.4 Å². The first-order valence-corrected chi connectivity index (χ1v) is 7.28. The molecular formula is C17H15N3O4. The number of para-hydroxylation sites is 3. The Morgan fingerprint density at radius 2 is 1.88 bits per heavy atom. The van der Waals surface area contributed by atoms with Crippen LogP contribution in [-0.2, 0) is 11.4 Å². The number of oxazole rings is 1. The van der Waals surface area contributed by atoms with Gasteiger partial charge in [0.25, 0.3) is 0 Å². The van der Waals surface area contributed by atoms with Gasteiger partial charge in [-0.25, -0.2) is 9.59 Å². The van der Waals surface area contributed by atoms with Gasteiger partial charge in [0.2, 0.25) is 0 Å². The zero-order valence-corrected chi connectivity index (χ0v) is 12.9. The molecule has 7 heteroatoms. The lowest BCUT2D eigenvalue weighted by Crippen LogP contribution is -2.19. The molecule has 0 atom stereocenters. The number of fused-ring (bicyclic) bond motifs is 1. The van der Waals surface area contributed by atoms with Crippen LogP contribution < -0.4 is 11.1 Å². The molecular weight excluding hydrogens is 310 g/mol. The van der Waals surface area contributed by atoms with Gasteiger partial charge >= 0.3 is 11.8 Å². The lowest BCUT2D eigenvalue weighted by atomic mass is 10.3. The van der Waals surface area contributed by atoms with Crippen LogP contribution in [0.2, 0.25) is 0 Å². The third-order valence-electron chi connectivity index (χ3n) is 3.27. The van der Waals surface area contributed by atoms with Gasteiger partial charge in [-0.15, -0.1) is 0 Å². The van der Waals surface area contributed by atoms with Crippen molar-refractivity contribution in [1.29, 1.82) is 0 Å². The Kier molecular flexibility index (Phi) is 4.42. The van der Waals surface area contributed by atoms with Crippen molar-refractivity contribution in [1.82, 2.24) is 4.57 Å². The van der Waals surface area contributed by atoms with Crippen LogP contribution in [0.5, 0.6) is 0 Å². The van der Waals surface area contributed by atoms with Gasteiger partial charge in [-0.2, -0.15) is 0 Å². The maximum Gasteiger partial charge on any atom is 0.437 e. The monoisotopic (exact) mass is 325 g/mol. The summed E-state index contributed by atoms with van der Waals surface area (Å²) in [6, 6.07) is 16.0. The maximum atomic E-state index is 11.9. The number of nitrogens with one attached hydrogen (secondary N) is 1. The van der Waals surface area contributed by atoms with Gasteiger partial charge in [-0.1, -0.05) is 35.5 Å². The number of oxime groups is 1. The smallest absolute Gasteiger partial charge is 0.408 e. The quantitative estimate of drug-likeness (QED) is 0.453. The number of carbonyl (C=O) groups is 1. The molecule has 0 fully saturated rings. The average molecular weight is 325 g/mol. The molecule has 0 aliphatic rings. The summed E-state index contributed by atoms with van der Waals surface area (Å²) < 4.78 is 6.56. The van der Waals surface area contributed by atoms with E-state index in [9.17, 15) is 9.59 Å². The Morgan fingerprint density at radius 3 is 2.67 bits per heavy atom. The van der Waals surface area contributed by atoms with E-state index in [2.05, 4.69) is 10.5 Å². The number of carbonyl (C=O) groups excluding carboxylic acids is 1. The van der Waals surface area contributed by atoms with Gasteiger partial charge in [0, 0.05) is 5.69 Å². The Morgan fingerprint density at radius 1 is 1.17 bits per heavy atom. The maximum absolute atomic E-state index is 11.9. The number of amides is 1. The van der Waals surface area contributed by atoms with Crippen LogP contribution in [0.1, 0.15) is 6.92 Å². The first-order valence-electron chi connectivity index (χ1n) is 7.28. The number of hydrogen-bond donors (Lipinski definition) is 1. The molecule has 0 bridgehead atoms. The molecule has 1 aromatic heterocycles. The minimum absolute atomic E-state index is 0.161. The topological polar surface area (TPSA) is 85.8 Å². The van der Waals surface area contributed by atoms with E-state index in [1.54, 1.807) is 49.4 Å². The van der Waals surface area contributed by atoms with E-state index >= 15 is 0 Å². The molecule has 7 nitrogen and oxygen atoms in total. The molecule has 24 heavy (non-hydrogen) atoms. The fourth-order valence-electron chi connectivity index (χ4n) is 2.20. The molecule has 0 aliphatic carbocycles. The zero-order chi connectivity index (χ0) is 16.9. The first kappa shape index (κ1) is 15.5. The van der Waals surface area contributed by atoms with Crippen molar-refractivity contribution in [3.8, 4) is 0 Å². The Bertz CT molecular complexity index is 941. The normalized spacial score (nSPS) is 11.5. The van der Waals surface area contributed by atoms with Gasteiger partial charge in [0.05, 0.1) is 17.8 Å². The summed E-state index contributed by atoms with van der Waals surface area (Å²) in [5, 5.41) is 6.29. The number of anilines is 1. The molecule has 1 heterocycles. The predicted octanol–water partition coefficient (Wildman–Crippen LogP) is 3.22. The molecule has 0 aliphatic heterocycles. The first-order chi connectivity index (χ1) is 11.6. The number of nitrogens with zero attached hydrogens (tertiary/aromatic N) is 2. The second kappa shape index (κ2) is 6.82. The third-order valence-corrected chi connectivity index (χ3v) is 3.27. The highest BCUT2D eigenvalue weighted by atomic mass is 16.7. The van der Waals surface area contributed by atoms with E-state index in [-0.39, 0.29) is 6.54 Å². The van der Waals surface area contributed by atoms with E-state index in [0.29, 0.717) is 22.5 Å². The zero-order valence-electron chi connectivity index (χ0n) is 12.9. The molecule has 1 N–H and O–H groups in total. The highest BCUT2D eigenvalue weighted by Crippen LogP contribution is 2.11. The summed E-state index contributed by atoms with van der Waals surface area (Å²) in [6.07, 6.45) is -0.704. The van der Waals surface area contributed by atoms with E-state index in [0.717, 1.165) is 0 Å². The highest BCUT2D eigenvalue weighted by Gasteiger charge is 2.10. The predicted molar refractivity (Wildman–Crippen MR) is 90.1 cm³/mol. The molecule has 122 valence electrons. The van der Waals surface area contributed by atoms with Crippen molar-refractivity contribution in [2.75, 3.05) is 5.32 Å². The third kappa shape index (κ3) is 3.52. The molecule has 3 aromatic rings. The largest absolute Gasteiger partial charge is 0.437 e. The van der Waals surface area contributed by atoms with Gasteiger partial charge in [-0.05, 0) is 31.2 Å². The summed E-state index contributed by atoms with van der Waals surface area (Å²) in [4.78, 5) is 28.3. The SMILES string of the molecule is CC(Cn1c(=O)oc2ccccc21)=NOC(=O)Nc1ccccc1. The van der Waals surface area contributed by atoms with Crippen molar-refractivity contribution < 1.29 is 14.0 Å². The van der Waals surface area contributed by atoms with Crippen molar-refractivity contribution in [3.63, 3.8) is 0 Å². The van der Waals surface area contributed by atoms with E-state index in [1.165, 1.54) is 4.57 Å². The Hall–Kier alpha value is -3.35. The second-order valence-electron chi connectivity index (χ2n) is 5.12. The van der Waals surface area contributed by atoms with Crippen LogP contribution in [0, 0.1) is 0 Å². The average Bonchev–Trinajstić information content (AvgIpc) is 2.90. The number of hydrogen-bond acceptors (Lipinski definition) is 5. The van der Waals surface area contributed by atoms with Crippen LogP contribution in [0.3, 0.4) is 0 Å². The molecule has 0 spiro atoms. The molecule has 2 aromatic carbocycles. The van der Waals surface area contributed by atoms with Crippen molar-refractivity contribution >= 4 is 28.6 Å². The Labute approximate surface area is 137 Å². The summed E-state index contributed by atoms with van der Waals surface area (Å²) >= 11 is 0. The summed E-state index contributed by atoms with van der Waals surface area (Å²) in [6.45, 7) is 1.82. The van der Waals surface area contributed by atoms with Gasteiger partial charge in [0.1, 0.15) is 0 Å². The highest BCUT2D eigenvalue weighted by molar-refractivity contribution is 5.87. The van der Waals surface area contributed by atoms with Crippen molar-refractivity contribution in [2.45, 2.75) is 13.5 Å². The van der Waals surface area contributed by atoms with E-state index < -0.39 is 11.8 Å². The molecule has 0 saturated carbocycles. The molecule has 0 radical (unpaired) electrons. The van der Waals surface area contributed by atoms with Gasteiger partial charge in [0.15, 0.2) is 5.58 Å². The summed E-state index contributed by atoms with van der Waals surface area (Å²) in [5.41, 5.74) is 2.21. The van der Waals surface area contributed by atoms with Gasteiger partial charge in [-0.3, -0.25) is 14.7 Å². The fraction of sp³-hybridized carbons (Fsp3) is 0.118. The lowest BCUT2D eigenvalue weighted by Gasteiger charge is -2.04. The minimum atomic E-state index is -0.704. The van der Waals surface area contributed by atoms with E-state index in [4.69, 9.17) is 9.25 Å². The fourth-order valence-corrected chi connectivity index (χ4v) is 2.20. The summed E-state index contributed by atoms with van der Waals surface area (Å²) in [7, 11) is 0. The lowest BCUT2D eigenvalue weighted by molar-refractivity contribution is 0.166. The van der Waals surface area contributed by atoms with Crippen LogP contribution in [0.15, 0.2) is 69.0 Å². The molecule has 0 unspecified atom stereocenters. The standard InChI is InChI=1S/C17H15N3O4/c1-12(19-24-16(21)18-13-7-3-2-4-8-13)11-20-14-9-5-6-10-15(14)23-17(20)22/h2-10H,11H2,1H3,(H,18,21). The van der Waals surface area contributed by atoms with Crippen LogP contribution >= 0.6 is 0 Å². The van der Waals surface area contributed by atoms with Gasteiger partial charge < -0.3 is 4.42 Å². The minimum Gasteiger partial charge on any atom is -0.408 e. The molecule has 1 amide bonds.